The number of hydrogen-bond donors (Lipinski definition) is 2. The number of amides is 2. The molecule has 2 rings (SSSR count). The Morgan fingerprint density at radius 3 is 2.14 bits per heavy atom. The summed E-state index contributed by atoms with van der Waals surface area (Å²) < 4.78 is 0. The van der Waals surface area contributed by atoms with Crippen LogP contribution in [0.4, 0.5) is 0 Å². The van der Waals surface area contributed by atoms with E-state index in [2.05, 4.69) is 10.6 Å². The Morgan fingerprint density at radius 2 is 1.64 bits per heavy atom. The molecular weight excluding hydrogens is 316 g/mol. The number of hydrogen-bond acceptors (Lipinski definition) is 4. The van der Waals surface area contributed by atoms with E-state index in [-0.39, 0.29) is 30.7 Å². The van der Waals surface area contributed by atoms with Crippen LogP contribution < -0.4 is 10.6 Å². The van der Waals surface area contributed by atoms with Crippen LogP contribution in [0.25, 0.3) is 0 Å². The molecule has 0 saturated heterocycles. The summed E-state index contributed by atoms with van der Waals surface area (Å²) in [5, 5.41) is 9.82. The number of nitrogens with one attached hydrogen (secondary N) is 2. The molecule has 22 heavy (non-hydrogen) atoms. The molecule has 0 spiro atoms. The van der Waals surface area contributed by atoms with Crippen molar-refractivity contribution in [3.63, 3.8) is 0 Å². The predicted molar refractivity (Wildman–Crippen MR) is 91.2 cm³/mol. The maximum atomic E-state index is 12.1. The Bertz CT molecular complexity index is 545. The van der Waals surface area contributed by atoms with Gasteiger partial charge in [-0.05, 0) is 29.3 Å². The molecule has 0 aliphatic carbocycles. The number of rotatable bonds is 8. The van der Waals surface area contributed by atoms with Crippen molar-refractivity contribution in [2.75, 3.05) is 6.54 Å². The van der Waals surface area contributed by atoms with Crippen LogP contribution in [0.15, 0.2) is 35.0 Å². The third-order valence-electron chi connectivity index (χ3n) is 3.11. The van der Waals surface area contributed by atoms with Crippen molar-refractivity contribution in [1.82, 2.24) is 10.6 Å². The lowest BCUT2D eigenvalue weighted by molar-refractivity contribution is -0.126. The number of thiophene rings is 2. The predicted octanol–water partition coefficient (Wildman–Crippen LogP) is 3.32. The first-order valence-corrected chi connectivity index (χ1v) is 9.09. The summed E-state index contributed by atoms with van der Waals surface area (Å²) in [5.74, 6) is -0.167. The van der Waals surface area contributed by atoms with Crippen molar-refractivity contribution in [2.24, 2.45) is 0 Å². The topological polar surface area (TPSA) is 58.2 Å². The van der Waals surface area contributed by atoms with E-state index in [0.717, 1.165) is 16.2 Å². The van der Waals surface area contributed by atoms with E-state index in [9.17, 15) is 9.59 Å². The SMILES string of the molecule is CCCNC(=O)CCC(=O)NC(c1cccs1)c1cccs1. The van der Waals surface area contributed by atoms with Crippen molar-refractivity contribution in [3.05, 3.63) is 44.8 Å². The second-order valence-electron chi connectivity index (χ2n) is 4.88. The monoisotopic (exact) mass is 336 g/mol. The second kappa shape index (κ2) is 8.70. The lowest BCUT2D eigenvalue weighted by Gasteiger charge is -2.16. The molecule has 0 fully saturated rings. The fourth-order valence-corrected chi connectivity index (χ4v) is 3.67. The van der Waals surface area contributed by atoms with Gasteiger partial charge in [0.05, 0.1) is 6.04 Å². The fraction of sp³-hybridized carbons (Fsp3) is 0.375. The third kappa shape index (κ3) is 4.96. The van der Waals surface area contributed by atoms with Crippen LogP contribution in [0.1, 0.15) is 42.0 Å². The van der Waals surface area contributed by atoms with Gasteiger partial charge < -0.3 is 10.6 Å². The summed E-state index contributed by atoms with van der Waals surface area (Å²) in [6.07, 6.45) is 1.34. The summed E-state index contributed by atoms with van der Waals surface area (Å²) in [6, 6.07) is 7.87. The Kier molecular flexibility index (Phi) is 6.61. The third-order valence-corrected chi connectivity index (χ3v) is 4.99. The normalized spacial score (nSPS) is 10.6. The van der Waals surface area contributed by atoms with E-state index in [1.807, 2.05) is 41.9 Å². The highest BCUT2D eigenvalue weighted by atomic mass is 32.1. The Labute approximate surface area is 138 Å². The lowest BCUT2D eigenvalue weighted by Crippen LogP contribution is -2.30. The number of carbonyl (C=O) groups is 2. The quantitative estimate of drug-likeness (QED) is 0.777. The first-order chi connectivity index (χ1) is 10.7. The van der Waals surface area contributed by atoms with Crippen molar-refractivity contribution in [1.29, 1.82) is 0 Å². The summed E-state index contributed by atoms with van der Waals surface area (Å²) in [7, 11) is 0. The largest absolute Gasteiger partial charge is 0.356 e. The minimum atomic E-state index is -0.119. The van der Waals surface area contributed by atoms with Gasteiger partial charge in [-0.15, -0.1) is 22.7 Å². The van der Waals surface area contributed by atoms with E-state index in [0.29, 0.717) is 6.54 Å². The summed E-state index contributed by atoms with van der Waals surface area (Å²) in [6.45, 7) is 2.66. The van der Waals surface area contributed by atoms with Gasteiger partial charge in [-0.25, -0.2) is 0 Å². The molecule has 0 aromatic carbocycles. The molecule has 118 valence electrons. The summed E-state index contributed by atoms with van der Waals surface area (Å²) in [4.78, 5) is 25.9. The van der Waals surface area contributed by atoms with Gasteiger partial charge in [-0.1, -0.05) is 19.1 Å². The van der Waals surface area contributed by atoms with Crippen LogP contribution in [0.5, 0.6) is 0 Å². The van der Waals surface area contributed by atoms with Crippen LogP contribution in [0.3, 0.4) is 0 Å². The van der Waals surface area contributed by atoms with Crippen LogP contribution in [-0.2, 0) is 9.59 Å². The van der Waals surface area contributed by atoms with Crippen molar-refractivity contribution >= 4 is 34.5 Å². The molecule has 0 radical (unpaired) electrons. The molecule has 0 aliphatic heterocycles. The first kappa shape index (κ1) is 16.7. The first-order valence-electron chi connectivity index (χ1n) is 7.33. The van der Waals surface area contributed by atoms with Gasteiger partial charge in [0.25, 0.3) is 0 Å². The molecule has 0 atom stereocenters. The van der Waals surface area contributed by atoms with Gasteiger partial charge in [0, 0.05) is 29.1 Å². The standard InChI is InChI=1S/C16H20N2O2S2/c1-2-9-17-14(19)7-8-15(20)18-16(12-5-3-10-21-12)13-6-4-11-22-13/h3-6,10-11,16H,2,7-9H2,1H3,(H,17,19)(H,18,20). The molecular formula is C16H20N2O2S2. The van der Waals surface area contributed by atoms with Crippen molar-refractivity contribution in [2.45, 2.75) is 32.2 Å². The fourth-order valence-electron chi connectivity index (χ4n) is 2.01. The number of carbonyl (C=O) groups excluding carboxylic acids is 2. The Hall–Kier alpha value is -1.66. The Balaban J connectivity index is 1.91. The summed E-state index contributed by atoms with van der Waals surface area (Å²) in [5.41, 5.74) is 0. The molecule has 0 aliphatic rings. The highest BCUT2D eigenvalue weighted by Gasteiger charge is 2.19. The highest BCUT2D eigenvalue weighted by molar-refractivity contribution is 7.11. The highest BCUT2D eigenvalue weighted by Crippen LogP contribution is 2.29. The lowest BCUT2D eigenvalue weighted by atomic mass is 10.2. The average Bonchev–Trinajstić information content (AvgIpc) is 3.21. The van der Waals surface area contributed by atoms with Gasteiger partial charge in [-0.3, -0.25) is 9.59 Å². The molecule has 0 bridgehead atoms. The summed E-state index contributed by atoms with van der Waals surface area (Å²) >= 11 is 3.24. The van der Waals surface area contributed by atoms with E-state index in [1.54, 1.807) is 22.7 Å². The van der Waals surface area contributed by atoms with Crippen LogP contribution >= 0.6 is 22.7 Å². The van der Waals surface area contributed by atoms with E-state index < -0.39 is 0 Å². The molecule has 2 aromatic heterocycles. The van der Waals surface area contributed by atoms with E-state index in [1.165, 1.54) is 0 Å². The minimum absolute atomic E-state index is 0.0687. The molecule has 6 heteroatoms. The van der Waals surface area contributed by atoms with Crippen molar-refractivity contribution < 1.29 is 9.59 Å². The molecule has 2 aromatic rings. The zero-order valence-electron chi connectivity index (χ0n) is 12.5. The molecule has 0 saturated carbocycles. The Morgan fingerprint density at radius 1 is 1.05 bits per heavy atom. The molecule has 4 nitrogen and oxygen atoms in total. The van der Waals surface area contributed by atoms with Crippen molar-refractivity contribution in [3.8, 4) is 0 Å². The zero-order chi connectivity index (χ0) is 15.8. The van der Waals surface area contributed by atoms with Crippen LogP contribution in [0, 0.1) is 0 Å². The molecule has 2 amide bonds. The van der Waals surface area contributed by atoms with Gasteiger partial charge in [0.2, 0.25) is 11.8 Å². The van der Waals surface area contributed by atoms with Gasteiger partial charge in [-0.2, -0.15) is 0 Å². The van der Waals surface area contributed by atoms with Crippen LogP contribution in [0.2, 0.25) is 0 Å². The minimum Gasteiger partial charge on any atom is -0.356 e. The maximum Gasteiger partial charge on any atom is 0.221 e. The smallest absolute Gasteiger partial charge is 0.221 e. The molecule has 2 heterocycles. The van der Waals surface area contributed by atoms with E-state index in [4.69, 9.17) is 0 Å². The zero-order valence-corrected chi connectivity index (χ0v) is 14.1. The molecule has 2 N–H and O–H groups in total. The second-order valence-corrected chi connectivity index (χ2v) is 6.84. The van der Waals surface area contributed by atoms with Crippen LogP contribution in [-0.4, -0.2) is 18.4 Å². The maximum absolute atomic E-state index is 12.1. The molecule has 0 unspecified atom stereocenters. The van der Waals surface area contributed by atoms with E-state index >= 15 is 0 Å². The van der Waals surface area contributed by atoms with Gasteiger partial charge in [0.1, 0.15) is 0 Å². The van der Waals surface area contributed by atoms with Gasteiger partial charge >= 0.3 is 0 Å². The average molecular weight is 336 g/mol. The van der Waals surface area contributed by atoms with Gasteiger partial charge in [0.15, 0.2) is 0 Å².